The SMILES string of the molecule is CCc1ccccc1OC(=O)CCC(=O)OCC1CCCCC1. The number of esters is 2. The van der Waals surface area contributed by atoms with Crippen molar-refractivity contribution in [2.45, 2.75) is 58.3 Å². The van der Waals surface area contributed by atoms with Crippen molar-refractivity contribution < 1.29 is 19.1 Å². The van der Waals surface area contributed by atoms with Gasteiger partial charge in [0.25, 0.3) is 0 Å². The molecule has 0 aliphatic heterocycles. The summed E-state index contributed by atoms with van der Waals surface area (Å²) >= 11 is 0. The highest BCUT2D eigenvalue weighted by Crippen LogP contribution is 2.24. The third kappa shape index (κ3) is 6.05. The predicted octanol–water partition coefficient (Wildman–Crippen LogP) is 4.06. The van der Waals surface area contributed by atoms with Gasteiger partial charge < -0.3 is 9.47 Å². The second-order valence-corrected chi connectivity index (χ2v) is 6.12. The van der Waals surface area contributed by atoms with Crippen molar-refractivity contribution >= 4 is 11.9 Å². The summed E-state index contributed by atoms with van der Waals surface area (Å²) in [5.41, 5.74) is 0.987. The molecule has 1 aliphatic rings. The van der Waals surface area contributed by atoms with E-state index in [1.54, 1.807) is 6.07 Å². The first-order chi connectivity index (χ1) is 11.2. The third-order valence-corrected chi connectivity index (χ3v) is 4.32. The molecule has 1 aliphatic carbocycles. The highest BCUT2D eigenvalue weighted by molar-refractivity contribution is 5.79. The average molecular weight is 318 g/mol. The van der Waals surface area contributed by atoms with Crippen LogP contribution < -0.4 is 4.74 Å². The molecule has 1 aromatic carbocycles. The summed E-state index contributed by atoms with van der Waals surface area (Å²) in [6.45, 7) is 2.50. The van der Waals surface area contributed by atoms with Gasteiger partial charge in [-0.1, -0.05) is 44.4 Å². The van der Waals surface area contributed by atoms with E-state index >= 15 is 0 Å². The van der Waals surface area contributed by atoms with Gasteiger partial charge in [-0.25, -0.2) is 0 Å². The molecule has 1 aromatic rings. The number of para-hydroxylation sites is 1. The molecule has 0 saturated heterocycles. The molecule has 0 heterocycles. The summed E-state index contributed by atoms with van der Waals surface area (Å²) in [5, 5.41) is 0. The monoisotopic (exact) mass is 318 g/mol. The van der Waals surface area contributed by atoms with Crippen LogP contribution in [0.1, 0.15) is 57.4 Å². The van der Waals surface area contributed by atoms with E-state index in [9.17, 15) is 9.59 Å². The Morgan fingerprint density at radius 3 is 2.48 bits per heavy atom. The van der Waals surface area contributed by atoms with Gasteiger partial charge in [-0.2, -0.15) is 0 Å². The van der Waals surface area contributed by atoms with E-state index in [4.69, 9.17) is 9.47 Å². The van der Waals surface area contributed by atoms with Crippen LogP contribution >= 0.6 is 0 Å². The zero-order valence-electron chi connectivity index (χ0n) is 13.9. The average Bonchev–Trinajstić information content (AvgIpc) is 2.59. The molecule has 0 atom stereocenters. The second-order valence-electron chi connectivity index (χ2n) is 6.12. The maximum Gasteiger partial charge on any atom is 0.311 e. The predicted molar refractivity (Wildman–Crippen MR) is 88.2 cm³/mol. The van der Waals surface area contributed by atoms with Crippen LogP contribution in [-0.2, 0) is 20.7 Å². The van der Waals surface area contributed by atoms with Gasteiger partial charge in [0.1, 0.15) is 5.75 Å². The fourth-order valence-electron chi connectivity index (χ4n) is 2.91. The Morgan fingerprint density at radius 1 is 1.04 bits per heavy atom. The van der Waals surface area contributed by atoms with Crippen LogP contribution in [0.3, 0.4) is 0 Å². The molecule has 0 bridgehead atoms. The van der Waals surface area contributed by atoms with E-state index in [2.05, 4.69) is 0 Å². The lowest BCUT2D eigenvalue weighted by atomic mass is 9.90. The number of carbonyl (C=O) groups excluding carboxylic acids is 2. The lowest BCUT2D eigenvalue weighted by Gasteiger charge is -2.20. The maximum absolute atomic E-state index is 11.9. The molecule has 1 saturated carbocycles. The summed E-state index contributed by atoms with van der Waals surface area (Å²) in [7, 11) is 0. The van der Waals surface area contributed by atoms with E-state index in [1.165, 1.54) is 19.3 Å². The first-order valence-electron chi connectivity index (χ1n) is 8.63. The van der Waals surface area contributed by atoms with Gasteiger partial charge in [0.2, 0.25) is 0 Å². The normalized spacial score (nSPS) is 15.2. The Labute approximate surface area is 138 Å². The summed E-state index contributed by atoms with van der Waals surface area (Å²) in [6.07, 6.45) is 6.97. The van der Waals surface area contributed by atoms with Gasteiger partial charge in [0, 0.05) is 0 Å². The first kappa shape index (κ1) is 17.5. The van der Waals surface area contributed by atoms with E-state index < -0.39 is 0 Å². The number of hydrogen-bond acceptors (Lipinski definition) is 4. The van der Waals surface area contributed by atoms with Gasteiger partial charge in [-0.3, -0.25) is 9.59 Å². The van der Waals surface area contributed by atoms with Crippen molar-refractivity contribution in [1.82, 2.24) is 0 Å². The molecule has 2 rings (SSSR count). The smallest absolute Gasteiger partial charge is 0.311 e. The maximum atomic E-state index is 11.9. The molecule has 4 nitrogen and oxygen atoms in total. The number of hydrogen-bond donors (Lipinski definition) is 0. The Bertz CT molecular complexity index is 518. The fourth-order valence-corrected chi connectivity index (χ4v) is 2.91. The lowest BCUT2D eigenvalue weighted by molar-refractivity contribution is -0.148. The third-order valence-electron chi connectivity index (χ3n) is 4.32. The van der Waals surface area contributed by atoms with E-state index in [-0.39, 0.29) is 24.8 Å². The van der Waals surface area contributed by atoms with Gasteiger partial charge in [0.05, 0.1) is 19.4 Å². The van der Waals surface area contributed by atoms with Gasteiger partial charge >= 0.3 is 11.9 Å². The molecule has 23 heavy (non-hydrogen) atoms. The van der Waals surface area contributed by atoms with Crippen LogP contribution in [0.15, 0.2) is 24.3 Å². The molecule has 1 fully saturated rings. The Hall–Kier alpha value is -1.84. The van der Waals surface area contributed by atoms with Crippen molar-refractivity contribution in [3.63, 3.8) is 0 Å². The van der Waals surface area contributed by atoms with Crippen LogP contribution in [0, 0.1) is 5.92 Å². The quantitative estimate of drug-likeness (QED) is 0.562. The Kier molecular flexibility index (Phi) is 7.11. The standard InChI is InChI=1S/C19H26O4/c1-2-16-10-6-7-11-17(16)23-19(21)13-12-18(20)22-14-15-8-4-3-5-9-15/h6-7,10-11,15H,2-5,8-9,12-14H2,1H3. The van der Waals surface area contributed by atoms with E-state index in [0.717, 1.165) is 24.8 Å². The van der Waals surface area contributed by atoms with Crippen molar-refractivity contribution in [3.05, 3.63) is 29.8 Å². The molecule has 0 aromatic heterocycles. The minimum Gasteiger partial charge on any atom is -0.465 e. The number of rotatable bonds is 7. The lowest BCUT2D eigenvalue weighted by Crippen LogP contribution is -2.18. The van der Waals surface area contributed by atoms with Crippen LogP contribution in [0.25, 0.3) is 0 Å². The summed E-state index contributed by atoms with van der Waals surface area (Å²) in [5.74, 6) is 0.378. The highest BCUT2D eigenvalue weighted by atomic mass is 16.5. The van der Waals surface area contributed by atoms with E-state index in [0.29, 0.717) is 18.3 Å². The number of benzene rings is 1. The number of ether oxygens (including phenoxy) is 2. The highest BCUT2D eigenvalue weighted by Gasteiger charge is 2.16. The van der Waals surface area contributed by atoms with Gasteiger partial charge in [-0.05, 0) is 36.8 Å². The molecular formula is C19H26O4. The van der Waals surface area contributed by atoms with Crippen molar-refractivity contribution in [1.29, 1.82) is 0 Å². The Morgan fingerprint density at radius 2 is 1.74 bits per heavy atom. The molecule has 0 radical (unpaired) electrons. The fraction of sp³-hybridized carbons (Fsp3) is 0.579. The van der Waals surface area contributed by atoms with Gasteiger partial charge in [0.15, 0.2) is 0 Å². The van der Waals surface area contributed by atoms with Crippen molar-refractivity contribution in [2.24, 2.45) is 5.92 Å². The topological polar surface area (TPSA) is 52.6 Å². The van der Waals surface area contributed by atoms with Gasteiger partial charge in [-0.15, -0.1) is 0 Å². The summed E-state index contributed by atoms with van der Waals surface area (Å²) in [4.78, 5) is 23.6. The molecule has 0 spiro atoms. The molecular weight excluding hydrogens is 292 g/mol. The zero-order valence-corrected chi connectivity index (χ0v) is 13.9. The van der Waals surface area contributed by atoms with Crippen LogP contribution in [0.2, 0.25) is 0 Å². The van der Waals surface area contributed by atoms with E-state index in [1.807, 2.05) is 25.1 Å². The van der Waals surface area contributed by atoms with Crippen molar-refractivity contribution in [2.75, 3.05) is 6.61 Å². The molecule has 4 heteroatoms. The summed E-state index contributed by atoms with van der Waals surface area (Å²) < 4.78 is 10.6. The second kappa shape index (κ2) is 9.33. The molecule has 126 valence electrons. The largest absolute Gasteiger partial charge is 0.465 e. The number of carbonyl (C=O) groups is 2. The minimum atomic E-state index is -0.388. The zero-order chi connectivity index (χ0) is 16.5. The van der Waals surface area contributed by atoms with Crippen LogP contribution in [0.5, 0.6) is 5.75 Å². The van der Waals surface area contributed by atoms with Crippen LogP contribution in [0.4, 0.5) is 0 Å². The Balaban J connectivity index is 1.68. The summed E-state index contributed by atoms with van der Waals surface area (Å²) in [6, 6.07) is 7.46. The van der Waals surface area contributed by atoms with Crippen molar-refractivity contribution in [3.8, 4) is 5.75 Å². The minimum absolute atomic E-state index is 0.0571. The first-order valence-corrected chi connectivity index (χ1v) is 8.63. The van der Waals surface area contributed by atoms with Crippen LogP contribution in [-0.4, -0.2) is 18.5 Å². The molecule has 0 amide bonds. The number of aryl methyl sites for hydroxylation is 1. The molecule has 0 unspecified atom stereocenters. The molecule has 0 N–H and O–H groups in total.